The summed E-state index contributed by atoms with van der Waals surface area (Å²) in [5.74, 6) is 0.0790. The molecule has 0 bridgehead atoms. The molecule has 3 aromatic rings. The normalized spacial score (nSPS) is 18.8. The maximum atomic E-state index is 14.2. The lowest BCUT2D eigenvalue weighted by atomic mass is 9.92. The van der Waals surface area contributed by atoms with Gasteiger partial charge in [-0.3, -0.25) is 9.69 Å². The smallest absolute Gasteiger partial charge is 0.234 e. The van der Waals surface area contributed by atoms with E-state index in [9.17, 15) is 4.79 Å². The molecule has 1 saturated heterocycles. The molecule has 198 valence electrons. The fourth-order valence-corrected chi connectivity index (χ4v) is 7.00. The van der Waals surface area contributed by atoms with Crippen LogP contribution >= 0.6 is 0 Å². The van der Waals surface area contributed by atoms with E-state index in [0.29, 0.717) is 6.04 Å². The summed E-state index contributed by atoms with van der Waals surface area (Å²) in [5.41, 5.74) is 9.17. The third-order valence-electron chi connectivity index (χ3n) is 8.95. The molecule has 0 N–H and O–H groups in total. The predicted molar refractivity (Wildman–Crippen MR) is 156 cm³/mol. The topological polar surface area (TPSA) is 26.8 Å². The van der Waals surface area contributed by atoms with Crippen LogP contribution in [0.15, 0.2) is 66.7 Å². The predicted octanol–water partition coefficient (Wildman–Crippen LogP) is 6.82. The van der Waals surface area contributed by atoms with Gasteiger partial charge in [-0.2, -0.15) is 0 Å². The maximum Gasteiger partial charge on any atom is 0.234 e. The zero-order valence-corrected chi connectivity index (χ0v) is 23.0. The largest absolute Gasteiger partial charge is 0.371 e. The van der Waals surface area contributed by atoms with Crippen molar-refractivity contribution in [2.24, 2.45) is 0 Å². The molecule has 4 nitrogen and oxygen atoms in total. The van der Waals surface area contributed by atoms with Crippen molar-refractivity contribution in [2.45, 2.75) is 71.0 Å². The van der Waals surface area contributed by atoms with Crippen LogP contribution in [0.25, 0.3) is 11.1 Å². The van der Waals surface area contributed by atoms with E-state index in [1.54, 1.807) is 0 Å². The van der Waals surface area contributed by atoms with Gasteiger partial charge in [0.25, 0.3) is 0 Å². The van der Waals surface area contributed by atoms with Gasteiger partial charge in [-0.05, 0) is 59.6 Å². The van der Waals surface area contributed by atoms with Gasteiger partial charge in [0.05, 0.1) is 5.92 Å². The molecule has 3 aromatic carbocycles. The van der Waals surface area contributed by atoms with Crippen molar-refractivity contribution < 1.29 is 4.79 Å². The summed E-state index contributed by atoms with van der Waals surface area (Å²) in [6.07, 6.45) is 5.49. The van der Waals surface area contributed by atoms with Gasteiger partial charge < -0.3 is 9.80 Å². The van der Waals surface area contributed by atoms with Gasteiger partial charge in [-0.25, -0.2) is 0 Å². The molecule has 1 fully saturated rings. The highest BCUT2D eigenvalue weighted by Crippen LogP contribution is 2.50. The fraction of sp³-hybridized carbons (Fsp3) is 0.441. The quantitative estimate of drug-likeness (QED) is 0.335. The lowest BCUT2D eigenvalue weighted by molar-refractivity contribution is -0.131. The van der Waals surface area contributed by atoms with Crippen LogP contribution in [0.5, 0.6) is 0 Å². The molecule has 0 radical (unpaired) electrons. The SMILES string of the molecule is CCCCN(CCC)C(=O)C1c2ccccc2-c2cccc(N3CCC(N4Cc5ccccc5C4)CC3)c21. The number of anilines is 1. The summed E-state index contributed by atoms with van der Waals surface area (Å²) < 4.78 is 0. The van der Waals surface area contributed by atoms with Gasteiger partial charge in [-0.15, -0.1) is 0 Å². The molecule has 3 aliphatic rings. The van der Waals surface area contributed by atoms with Crippen LogP contribution in [0, 0.1) is 0 Å². The molecule has 6 rings (SSSR count). The van der Waals surface area contributed by atoms with E-state index in [-0.39, 0.29) is 11.8 Å². The number of hydrogen-bond donors (Lipinski definition) is 0. The summed E-state index contributed by atoms with van der Waals surface area (Å²) in [6.45, 7) is 10.3. The Hall–Kier alpha value is -3.11. The number of nitrogens with zero attached hydrogens (tertiary/aromatic N) is 3. The number of piperidine rings is 1. The maximum absolute atomic E-state index is 14.2. The summed E-state index contributed by atoms with van der Waals surface area (Å²) in [7, 11) is 0. The van der Waals surface area contributed by atoms with Crippen molar-refractivity contribution in [2.75, 3.05) is 31.1 Å². The Bertz CT molecular complexity index is 1270. The molecule has 2 heterocycles. The van der Waals surface area contributed by atoms with Crippen LogP contribution in [-0.2, 0) is 17.9 Å². The van der Waals surface area contributed by atoms with Crippen LogP contribution in [0.1, 0.15) is 74.1 Å². The van der Waals surface area contributed by atoms with E-state index in [0.717, 1.165) is 58.5 Å². The van der Waals surface area contributed by atoms with Gasteiger partial charge >= 0.3 is 0 Å². The Kier molecular flexibility index (Phi) is 7.25. The molecule has 1 amide bonds. The number of carbonyl (C=O) groups excluding carboxylic acids is 1. The minimum absolute atomic E-state index is 0.202. The van der Waals surface area contributed by atoms with Gasteiger partial charge in [0.15, 0.2) is 0 Å². The molecule has 1 aliphatic carbocycles. The molecular weight excluding hydrogens is 466 g/mol. The number of carbonyl (C=O) groups is 1. The summed E-state index contributed by atoms with van der Waals surface area (Å²) in [5, 5.41) is 0. The van der Waals surface area contributed by atoms with E-state index in [1.807, 2.05) is 0 Å². The van der Waals surface area contributed by atoms with E-state index >= 15 is 0 Å². The van der Waals surface area contributed by atoms with Crippen molar-refractivity contribution in [1.29, 1.82) is 0 Å². The number of amides is 1. The zero-order chi connectivity index (χ0) is 26.1. The van der Waals surface area contributed by atoms with Crippen LogP contribution in [0.3, 0.4) is 0 Å². The third-order valence-corrected chi connectivity index (χ3v) is 8.95. The lowest BCUT2D eigenvalue weighted by Crippen LogP contribution is -2.43. The second kappa shape index (κ2) is 10.9. The van der Waals surface area contributed by atoms with Gasteiger partial charge in [0, 0.05) is 56.6 Å². The van der Waals surface area contributed by atoms with E-state index in [2.05, 4.69) is 95.3 Å². The summed E-state index contributed by atoms with van der Waals surface area (Å²) in [6, 6.07) is 24.8. The Labute approximate surface area is 228 Å². The number of benzene rings is 3. The average Bonchev–Trinajstić information content (AvgIpc) is 3.55. The molecule has 1 unspecified atom stereocenters. The minimum Gasteiger partial charge on any atom is -0.371 e. The number of fused-ring (bicyclic) bond motifs is 4. The Morgan fingerprint density at radius 3 is 2.21 bits per heavy atom. The molecule has 0 saturated carbocycles. The molecular formula is C34H41N3O. The van der Waals surface area contributed by atoms with Gasteiger partial charge in [0.2, 0.25) is 5.91 Å². The van der Waals surface area contributed by atoms with Gasteiger partial charge in [0.1, 0.15) is 0 Å². The Morgan fingerprint density at radius 1 is 0.816 bits per heavy atom. The van der Waals surface area contributed by atoms with Gasteiger partial charge in [-0.1, -0.05) is 80.9 Å². The van der Waals surface area contributed by atoms with Crippen LogP contribution in [0.4, 0.5) is 5.69 Å². The van der Waals surface area contributed by atoms with Crippen molar-refractivity contribution in [3.8, 4) is 11.1 Å². The molecule has 4 heteroatoms. The van der Waals surface area contributed by atoms with E-state index in [4.69, 9.17) is 0 Å². The minimum atomic E-state index is -0.202. The van der Waals surface area contributed by atoms with Crippen LogP contribution in [0.2, 0.25) is 0 Å². The highest BCUT2D eigenvalue weighted by atomic mass is 16.2. The van der Waals surface area contributed by atoms with E-state index < -0.39 is 0 Å². The van der Waals surface area contributed by atoms with Crippen molar-refractivity contribution in [3.05, 3.63) is 89.0 Å². The fourth-order valence-electron chi connectivity index (χ4n) is 7.00. The first-order valence-corrected chi connectivity index (χ1v) is 14.8. The van der Waals surface area contributed by atoms with Crippen molar-refractivity contribution in [1.82, 2.24) is 9.80 Å². The molecule has 0 aromatic heterocycles. The highest BCUT2D eigenvalue weighted by molar-refractivity contribution is 5.99. The highest BCUT2D eigenvalue weighted by Gasteiger charge is 2.39. The number of hydrogen-bond acceptors (Lipinski definition) is 3. The molecule has 2 aliphatic heterocycles. The zero-order valence-electron chi connectivity index (χ0n) is 23.0. The first-order valence-electron chi connectivity index (χ1n) is 14.8. The summed E-state index contributed by atoms with van der Waals surface area (Å²) >= 11 is 0. The van der Waals surface area contributed by atoms with E-state index in [1.165, 1.54) is 51.9 Å². The summed E-state index contributed by atoms with van der Waals surface area (Å²) in [4.78, 5) is 21.6. The van der Waals surface area contributed by atoms with Crippen molar-refractivity contribution >= 4 is 11.6 Å². The second-order valence-corrected chi connectivity index (χ2v) is 11.3. The van der Waals surface area contributed by atoms with Crippen LogP contribution < -0.4 is 4.90 Å². The first-order chi connectivity index (χ1) is 18.7. The number of unbranched alkanes of at least 4 members (excludes halogenated alkanes) is 1. The monoisotopic (exact) mass is 507 g/mol. The molecule has 38 heavy (non-hydrogen) atoms. The lowest BCUT2D eigenvalue weighted by Gasteiger charge is -2.39. The third kappa shape index (κ3) is 4.53. The van der Waals surface area contributed by atoms with Crippen molar-refractivity contribution in [3.63, 3.8) is 0 Å². The standard InChI is InChI=1S/C34H41N3O/c1-3-5-20-36(19-4-2)34(38)33-30-14-9-8-13-28(30)29-15-10-16-31(32(29)33)35-21-17-27(18-22-35)37-23-25-11-6-7-12-26(25)24-37/h6-16,27,33H,3-5,17-24H2,1-2H3. The number of rotatable bonds is 8. The molecule has 0 spiro atoms. The second-order valence-electron chi connectivity index (χ2n) is 11.3. The Morgan fingerprint density at radius 2 is 1.50 bits per heavy atom. The van der Waals surface area contributed by atoms with Crippen LogP contribution in [-0.4, -0.2) is 47.9 Å². The Balaban J connectivity index is 1.26. The molecule has 1 atom stereocenters. The average molecular weight is 508 g/mol. The first kappa shape index (κ1) is 25.2.